The number of hydrogen-bond donors (Lipinski definition) is 1. The average Bonchev–Trinajstić information content (AvgIpc) is 1.61. The fourth-order valence-electron chi connectivity index (χ4n) is 0.131. The Morgan fingerprint density at radius 2 is 2.29 bits per heavy atom. The SMILES string of the molecule is C=CCNC=O.Cl. The van der Waals surface area contributed by atoms with Crippen LogP contribution in [-0.2, 0) is 4.79 Å². The fraction of sp³-hybridized carbons (Fsp3) is 0.250. The van der Waals surface area contributed by atoms with Crippen LogP contribution in [0.2, 0.25) is 0 Å². The first-order valence-corrected chi connectivity index (χ1v) is 1.69. The molecule has 0 saturated carbocycles. The van der Waals surface area contributed by atoms with Crippen molar-refractivity contribution in [2.24, 2.45) is 0 Å². The number of rotatable bonds is 3. The van der Waals surface area contributed by atoms with E-state index in [1.807, 2.05) is 0 Å². The van der Waals surface area contributed by atoms with Crippen molar-refractivity contribution in [3.05, 3.63) is 12.7 Å². The van der Waals surface area contributed by atoms with Gasteiger partial charge < -0.3 is 5.32 Å². The predicted octanol–water partition coefficient (Wildman–Crippen LogP) is 0.340. The van der Waals surface area contributed by atoms with Gasteiger partial charge in [0.05, 0.1) is 0 Å². The minimum absolute atomic E-state index is 0. The van der Waals surface area contributed by atoms with Crippen molar-refractivity contribution >= 4 is 18.8 Å². The highest BCUT2D eigenvalue weighted by Crippen LogP contribution is 1.49. The highest BCUT2D eigenvalue weighted by molar-refractivity contribution is 5.85. The summed E-state index contributed by atoms with van der Waals surface area (Å²) in [7, 11) is 0. The van der Waals surface area contributed by atoms with Crippen LogP contribution in [0.15, 0.2) is 12.7 Å². The topological polar surface area (TPSA) is 29.1 Å². The van der Waals surface area contributed by atoms with Crippen LogP contribution in [0.4, 0.5) is 0 Å². The molecule has 0 aliphatic carbocycles. The molecule has 0 unspecified atom stereocenters. The number of carbonyl (C=O) groups excluding carboxylic acids is 1. The summed E-state index contributed by atoms with van der Waals surface area (Å²) >= 11 is 0. The summed E-state index contributed by atoms with van der Waals surface area (Å²) < 4.78 is 0. The highest BCUT2D eigenvalue weighted by Gasteiger charge is 1.63. The number of halogens is 1. The molecule has 0 heterocycles. The maximum absolute atomic E-state index is 9.40. The predicted molar refractivity (Wildman–Crippen MR) is 31.5 cm³/mol. The van der Waals surface area contributed by atoms with Crippen LogP contribution in [0.25, 0.3) is 0 Å². The molecule has 0 atom stereocenters. The van der Waals surface area contributed by atoms with E-state index in [2.05, 4.69) is 11.9 Å². The second kappa shape index (κ2) is 9.09. The largest absolute Gasteiger partial charge is 0.355 e. The van der Waals surface area contributed by atoms with Gasteiger partial charge in [0.2, 0.25) is 6.41 Å². The second-order valence-corrected chi connectivity index (χ2v) is 0.815. The third-order valence-corrected chi connectivity index (χ3v) is 0.346. The Labute approximate surface area is 49.0 Å². The Balaban J connectivity index is 0. The lowest BCUT2D eigenvalue weighted by atomic mass is 10.6. The Bertz CT molecular complexity index is 47.7. The van der Waals surface area contributed by atoms with Gasteiger partial charge in [-0.2, -0.15) is 0 Å². The van der Waals surface area contributed by atoms with Crippen LogP contribution in [0.5, 0.6) is 0 Å². The quantitative estimate of drug-likeness (QED) is 0.326. The van der Waals surface area contributed by atoms with Crippen LogP contribution in [-0.4, -0.2) is 13.0 Å². The van der Waals surface area contributed by atoms with Gasteiger partial charge in [0, 0.05) is 6.54 Å². The molecule has 0 aromatic rings. The summed E-state index contributed by atoms with van der Waals surface area (Å²) in [6.45, 7) is 3.94. The zero-order chi connectivity index (χ0) is 4.83. The molecule has 3 heteroatoms. The van der Waals surface area contributed by atoms with E-state index in [0.29, 0.717) is 13.0 Å². The molecule has 7 heavy (non-hydrogen) atoms. The van der Waals surface area contributed by atoms with Crippen molar-refractivity contribution in [1.82, 2.24) is 5.32 Å². The molecule has 0 radical (unpaired) electrons. The summed E-state index contributed by atoms with van der Waals surface area (Å²) in [6, 6.07) is 0. The summed E-state index contributed by atoms with van der Waals surface area (Å²) in [5, 5.41) is 2.40. The molecule has 0 spiro atoms. The van der Waals surface area contributed by atoms with E-state index in [-0.39, 0.29) is 12.4 Å². The van der Waals surface area contributed by atoms with Gasteiger partial charge in [0.1, 0.15) is 0 Å². The summed E-state index contributed by atoms with van der Waals surface area (Å²) in [5.41, 5.74) is 0. The van der Waals surface area contributed by atoms with E-state index in [1.54, 1.807) is 6.08 Å². The van der Waals surface area contributed by atoms with Gasteiger partial charge in [-0.15, -0.1) is 19.0 Å². The van der Waals surface area contributed by atoms with Crippen molar-refractivity contribution in [3.8, 4) is 0 Å². The standard InChI is InChI=1S/C4H7NO.ClH/c1-2-3-5-4-6;/h2,4H,1,3H2,(H,5,6);1H. The van der Waals surface area contributed by atoms with Crippen molar-refractivity contribution in [3.63, 3.8) is 0 Å². The van der Waals surface area contributed by atoms with Crippen molar-refractivity contribution in [1.29, 1.82) is 0 Å². The minimum atomic E-state index is 0. The van der Waals surface area contributed by atoms with E-state index in [4.69, 9.17) is 0 Å². The smallest absolute Gasteiger partial charge is 0.207 e. The lowest BCUT2D eigenvalue weighted by molar-refractivity contribution is -0.109. The molecule has 0 rings (SSSR count). The number of hydrogen-bond acceptors (Lipinski definition) is 1. The molecule has 0 aliphatic rings. The van der Waals surface area contributed by atoms with Gasteiger partial charge in [-0.25, -0.2) is 0 Å². The molecule has 0 fully saturated rings. The lowest BCUT2D eigenvalue weighted by Crippen LogP contribution is -2.08. The molecule has 0 aliphatic heterocycles. The molecule has 0 aromatic heterocycles. The lowest BCUT2D eigenvalue weighted by Gasteiger charge is -1.81. The summed E-state index contributed by atoms with van der Waals surface area (Å²) in [4.78, 5) is 9.40. The highest BCUT2D eigenvalue weighted by atomic mass is 35.5. The Kier molecular flexibility index (Phi) is 12.6. The number of amides is 1. The molecule has 0 aromatic carbocycles. The minimum Gasteiger partial charge on any atom is -0.355 e. The molecule has 1 amide bonds. The van der Waals surface area contributed by atoms with Crippen LogP contribution in [0.1, 0.15) is 0 Å². The van der Waals surface area contributed by atoms with Gasteiger partial charge in [0.25, 0.3) is 0 Å². The average molecular weight is 122 g/mol. The summed E-state index contributed by atoms with van der Waals surface area (Å²) in [5.74, 6) is 0. The zero-order valence-corrected chi connectivity index (χ0v) is 4.70. The van der Waals surface area contributed by atoms with Crippen LogP contribution >= 0.6 is 12.4 Å². The van der Waals surface area contributed by atoms with Crippen LogP contribution in [0.3, 0.4) is 0 Å². The fourth-order valence-corrected chi connectivity index (χ4v) is 0.131. The van der Waals surface area contributed by atoms with Gasteiger partial charge in [-0.3, -0.25) is 4.79 Å². The normalized spacial score (nSPS) is 5.71. The maximum atomic E-state index is 9.40. The third-order valence-electron chi connectivity index (χ3n) is 0.346. The Hall–Kier alpha value is -0.500. The van der Waals surface area contributed by atoms with Gasteiger partial charge >= 0.3 is 0 Å². The molecule has 2 nitrogen and oxygen atoms in total. The first kappa shape index (κ1) is 9.71. The van der Waals surface area contributed by atoms with Gasteiger partial charge in [-0.05, 0) is 0 Å². The molecule has 0 saturated heterocycles. The van der Waals surface area contributed by atoms with Crippen LogP contribution < -0.4 is 5.32 Å². The third kappa shape index (κ3) is 10.8. The van der Waals surface area contributed by atoms with Crippen molar-refractivity contribution in [2.45, 2.75) is 0 Å². The maximum Gasteiger partial charge on any atom is 0.207 e. The number of nitrogens with one attached hydrogen (secondary N) is 1. The Morgan fingerprint density at radius 1 is 1.71 bits per heavy atom. The monoisotopic (exact) mass is 121 g/mol. The van der Waals surface area contributed by atoms with Crippen molar-refractivity contribution < 1.29 is 4.79 Å². The van der Waals surface area contributed by atoms with E-state index in [0.717, 1.165) is 0 Å². The van der Waals surface area contributed by atoms with Gasteiger partial charge in [-0.1, -0.05) is 6.08 Å². The van der Waals surface area contributed by atoms with Gasteiger partial charge in [0.15, 0.2) is 0 Å². The van der Waals surface area contributed by atoms with E-state index in [1.165, 1.54) is 0 Å². The zero-order valence-electron chi connectivity index (χ0n) is 3.89. The van der Waals surface area contributed by atoms with Crippen molar-refractivity contribution in [2.75, 3.05) is 6.54 Å². The molecule has 42 valence electrons. The number of carbonyl (C=O) groups is 1. The molecular weight excluding hydrogens is 114 g/mol. The van der Waals surface area contributed by atoms with Crippen LogP contribution in [0, 0.1) is 0 Å². The Morgan fingerprint density at radius 3 is 2.43 bits per heavy atom. The van der Waals surface area contributed by atoms with E-state index in [9.17, 15) is 4.79 Å². The molecule has 1 N–H and O–H groups in total. The molecular formula is C4H8ClNO. The first-order chi connectivity index (χ1) is 2.91. The second-order valence-electron chi connectivity index (χ2n) is 0.815. The summed E-state index contributed by atoms with van der Waals surface area (Å²) in [6.07, 6.45) is 2.26. The van der Waals surface area contributed by atoms with E-state index < -0.39 is 0 Å². The first-order valence-electron chi connectivity index (χ1n) is 1.69. The van der Waals surface area contributed by atoms with E-state index >= 15 is 0 Å². The molecule has 0 bridgehead atoms.